The molecule has 0 aromatic rings. The van der Waals surface area contributed by atoms with E-state index in [-0.39, 0.29) is 5.92 Å². The summed E-state index contributed by atoms with van der Waals surface area (Å²) in [6.07, 6.45) is 18.2. The zero-order valence-corrected chi connectivity index (χ0v) is 13.6. The van der Waals surface area contributed by atoms with Crippen molar-refractivity contribution in [3.8, 4) is 0 Å². The van der Waals surface area contributed by atoms with Crippen LogP contribution in [0.15, 0.2) is 58.1 Å². The zero-order valence-electron chi connectivity index (χ0n) is 13.6. The van der Waals surface area contributed by atoms with Crippen LogP contribution in [-0.2, 0) is 0 Å². The molecule has 21 heavy (non-hydrogen) atoms. The molecule has 0 aromatic carbocycles. The molecule has 2 nitrogen and oxygen atoms in total. The highest BCUT2D eigenvalue weighted by Crippen LogP contribution is 2.31. The van der Waals surface area contributed by atoms with Gasteiger partial charge in [0.05, 0.1) is 0 Å². The van der Waals surface area contributed by atoms with Crippen LogP contribution in [0.5, 0.6) is 0 Å². The molecule has 0 aromatic heterocycles. The van der Waals surface area contributed by atoms with Crippen LogP contribution >= 0.6 is 0 Å². The van der Waals surface area contributed by atoms with E-state index in [1.807, 2.05) is 14.0 Å². The SMILES string of the molecule is C/C=C\[C@@H](C)C(N=C(C)C1=CC2C=CCCC2C=C1)=NC. The molecule has 0 bridgehead atoms. The van der Waals surface area contributed by atoms with E-state index in [1.54, 1.807) is 0 Å². The lowest BCUT2D eigenvalue weighted by Crippen LogP contribution is -2.17. The minimum Gasteiger partial charge on any atom is -0.273 e. The zero-order chi connectivity index (χ0) is 15.2. The van der Waals surface area contributed by atoms with Crippen molar-refractivity contribution in [2.24, 2.45) is 27.7 Å². The molecule has 2 heteroatoms. The van der Waals surface area contributed by atoms with Crippen molar-refractivity contribution in [2.45, 2.75) is 33.6 Å². The van der Waals surface area contributed by atoms with Crippen LogP contribution in [0.4, 0.5) is 0 Å². The van der Waals surface area contributed by atoms with Crippen molar-refractivity contribution >= 4 is 11.5 Å². The Bertz CT molecular complexity index is 544. The molecule has 2 rings (SSSR count). The van der Waals surface area contributed by atoms with E-state index in [4.69, 9.17) is 4.99 Å². The van der Waals surface area contributed by atoms with Crippen LogP contribution in [0.25, 0.3) is 0 Å². The first-order valence-electron chi connectivity index (χ1n) is 7.87. The molecule has 0 heterocycles. The summed E-state index contributed by atoms with van der Waals surface area (Å²) in [4.78, 5) is 9.08. The lowest BCUT2D eigenvalue weighted by atomic mass is 9.79. The van der Waals surface area contributed by atoms with E-state index in [2.05, 4.69) is 61.4 Å². The maximum absolute atomic E-state index is 4.75. The molecule has 0 saturated heterocycles. The average molecular weight is 282 g/mol. The standard InChI is InChI=1S/C19H26N2/c1-5-8-14(2)19(20-4)21-15(3)17-12-11-16-9-6-7-10-18(16)13-17/h5,7-8,10-14,16,18H,6,9H2,1-4H3/b8-5-,20-19?,21-15?/t14-,16?,18?/m1/s1. The Morgan fingerprint density at radius 3 is 2.90 bits per heavy atom. The van der Waals surface area contributed by atoms with Gasteiger partial charge in [-0.1, -0.05) is 49.5 Å². The number of hydrogen-bond acceptors (Lipinski definition) is 1. The molecule has 2 aliphatic carbocycles. The Morgan fingerprint density at radius 2 is 2.19 bits per heavy atom. The fraction of sp³-hybridized carbons (Fsp3) is 0.474. The fourth-order valence-electron chi connectivity index (χ4n) is 2.98. The van der Waals surface area contributed by atoms with Crippen LogP contribution in [0.3, 0.4) is 0 Å². The smallest absolute Gasteiger partial charge is 0.129 e. The van der Waals surface area contributed by atoms with Gasteiger partial charge >= 0.3 is 0 Å². The van der Waals surface area contributed by atoms with E-state index in [9.17, 15) is 0 Å². The predicted octanol–water partition coefficient (Wildman–Crippen LogP) is 4.77. The summed E-state index contributed by atoms with van der Waals surface area (Å²) in [6, 6.07) is 0. The summed E-state index contributed by atoms with van der Waals surface area (Å²) in [5, 5.41) is 0. The second-order valence-electron chi connectivity index (χ2n) is 5.82. The maximum atomic E-state index is 4.75. The van der Waals surface area contributed by atoms with Crippen LogP contribution in [0, 0.1) is 17.8 Å². The molecule has 0 fully saturated rings. The number of allylic oxidation sites excluding steroid dienone is 7. The molecule has 0 amide bonds. The monoisotopic (exact) mass is 282 g/mol. The van der Waals surface area contributed by atoms with E-state index < -0.39 is 0 Å². The van der Waals surface area contributed by atoms with Gasteiger partial charge in [-0.15, -0.1) is 0 Å². The van der Waals surface area contributed by atoms with Crippen molar-refractivity contribution in [1.82, 2.24) is 0 Å². The lowest BCUT2D eigenvalue weighted by Gasteiger charge is -2.26. The molecule has 0 saturated carbocycles. The van der Waals surface area contributed by atoms with Crippen LogP contribution in [0.1, 0.15) is 33.6 Å². The summed E-state index contributed by atoms with van der Waals surface area (Å²) in [5.74, 6) is 2.36. The topological polar surface area (TPSA) is 24.7 Å². The largest absolute Gasteiger partial charge is 0.273 e. The van der Waals surface area contributed by atoms with Gasteiger partial charge in [-0.05, 0) is 38.2 Å². The van der Waals surface area contributed by atoms with Gasteiger partial charge in [0.25, 0.3) is 0 Å². The average Bonchev–Trinajstić information content (AvgIpc) is 2.52. The van der Waals surface area contributed by atoms with E-state index in [1.165, 1.54) is 18.4 Å². The minimum atomic E-state index is 0.255. The number of fused-ring (bicyclic) bond motifs is 1. The number of aliphatic imine (C=N–C) groups is 2. The molecule has 112 valence electrons. The van der Waals surface area contributed by atoms with Crippen LogP contribution in [-0.4, -0.2) is 18.6 Å². The molecule has 0 radical (unpaired) electrons. The highest BCUT2D eigenvalue weighted by atomic mass is 14.9. The summed E-state index contributed by atoms with van der Waals surface area (Å²) in [7, 11) is 1.82. The second-order valence-corrected chi connectivity index (χ2v) is 5.82. The van der Waals surface area contributed by atoms with Crippen molar-refractivity contribution in [3.63, 3.8) is 0 Å². The third kappa shape index (κ3) is 3.90. The number of amidine groups is 1. The van der Waals surface area contributed by atoms with Crippen LogP contribution < -0.4 is 0 Å². The molecular weight excluding hydrogens is 256 g/mol. The number of rotatable bonds is 3. The van der Waals surface area contributed by atoms with Gasteiger partial charge in [-0.3, -0.25) is 4.99 Å². The maximum Gasteiger partial charge on any atom is 0.129 e. The molecule has 0 N–H and O–H groups in total. The first-order valence-corrected chi connectivity index (χ1v) is 7.87. The first-order chi connectivity index (χ1) is 10.2. The van der Waals surface area contributed by atoms with Gasteiger partial charge in [-0.25, -0.2) is 4.99 Å². The first kappa shape index (κ1) is 15.7. The summed E-state index contributed by atoms with van der Waals surface area (Å²) in [6.45, 7) is 6.24. The Kier molecular flexibility index (Phi) is 5.49. The van der Waals surface area contributed by atoms with Crippen LogP contribution in [0.2, 0.25) is 0 Å². The van der Waals surface area contributed by atoms with Gasteiger partial charge in [0.2, 0.25) is 0 Å². The molecule has 3 atom stereocenters. The van der Waals surface area contributed by atoms with Crippen molar-refractivity contribution < 1.29 is 0 Å². The van der Waals surface area contributed by atoms with E-state index in [0.717, 1.165) is 11.5 Å². The summed E-state index contributed by atoms with van der Waals surface area (Å²) < 4.78 is 0. The summed E-state index contributed by atoms with van der Waals surface area (Å²) >= 11 is 0. The highest BCUT2D eigenvalue weighted by Gasteiger charge is 2.21. The van der Waals surface area contributed by atoms with E-state index >= 15 is 0 Å². The third-order valence-corrected chi connectivity index (χ3v) is 4.23. The molecule has 2 unspecified atom stereocenters. The van der Waals surface area contributed by atoms with Gasteiger partial charge < -0.3 is 0 Å². The Hall–Kier alpha value is -1.70. The van der Waals surface area contributed by atoms with Crippen molar-refractivity contribution in [1.29, 1.82) is 0 Å². The van der Waals surface area contributed by atoms with Gasteiger partial charge in [-0.2, -0.15) is 0 Å². The van der Waals surface area contributed by atoms with Gasteiger partial charge in [0.15, 0.2) is 0 Å². The quantitative estimate of drug-likeness (QED) is 0.405. The minimum absolute atomic E-state index is 0.255. The summed E-state index contributed by atoms with van der Waals surface area (Å²) in [5.41, 5.74) is 2.29. The van der Waals surface area contributed by atoms with Gasteiger partial charge in [0.1, 0.15) is 5.84 Å². The third-order valence-electron chi connectivity index (χ3n) is 4.23. The normalized spacial score (nSPS) is 27.7. The molecule has 2 aliphatic rings. The lowest BCUT2D eigenvalue weighted by molar-refractivity contribution is 0.490. The molecule has 0 spiro atoms. The van der Waals surface area contributed by atoms with Crippen molar-refractivity contribution in [2.75, 3.05) is 7.05 Å². The Balaban J connectivity index is 2.19. The second kappa shape index (κ2) is 7.35. The van der Waals surface area contributed by atoms with Gasteiger partial charge in [0, 0.05) is 24.6 Å². The van der Waals surface area contributed by atoms with E-state index in [0.29, 0.717) is 11.8 Å². The fourth-order valence-corrected chi connectivity index (χ4v) is 2.98. The number of nitrogens with zero attached hydrogens (tertiary/aromatic N) is 2. The van der Waals surface area contributed by atoms with Crippen molar-refractivity contribution in [3.05, 3.63) is 48.1 Å². The molecular formula is C19H26N2. The predicted molar refractivity (Wildman–Crippen MR) is 93.0 cm³/mol. The molecule has 0 aliphatic heterocycles. The number of hydrogen-bond donors (Lipinski definition) is 0. The Labute approximate surface area is 128 Å². The highest BCUT2D eigenvalue weighted by molar-refractivity contribution is 6.08. The Morgan fingerprint density at radius 1 is 1.38 bits per heavy atom.